The Hall–Kier alpha value is -1.36. The molecule has 2 rings (SSSR count). The molecule has 0 atom stereocenters. The zero-order valence-corrected chi connectivity index (χ0v) is 8.82. The minimum atomic E-state index is 0.605. The summed E-state index contributed by atoms with van der Waals surface area (Å²) in [6, 6.07) is 3.82. The van der Waals surface area contributed by atoms with E-state index in [1.807, 2.05) is 12.1 Å². The molecule has 82 valence electrons. The molecule has 3 N–H and O–H groups in total. The predicted octanol–water partition coefficient (Wildman–Crippen LogP) is 1.14. The van der Waals surface area contributed by atoms with Crippen LogP contribution >= 0.6 is 0 Å². The van der Waals surface area contributed by atoms with Crippen molar-refractivity contribution in [1.29, 1.82) is 0 Å². The van der Waals surface area contributed by atoms with Crippen LogP contribution in [-0.4, -0.2) is 23.3 Å². The smallest absolute Gasteiger partial charge is 0.162 e. The first-order valence-electron chi connectivity index (χ1n) is 5.45. The van der Waals surface area contributed by atoms with Crippen molar-refractivity contribution in [3.8, 4) is 0 Å². The van der Waals surface area contributed by atoms with E-state index >= 15 is 0 Å². The van der Waals surface area contributed by atoms with Gasteiger partial charge in [0.25, 0.3) is 0 Å². The minimum Gasteiger partial charge on any atom is -0.355 e. The van der Waals surface area contributed by atoms with Crippen LogP contribution in [0.15, 0.2) is 12.1 Å². The fraction of sp³-hybridized carbons (Fsp3) is 0.600. The Bertz CT molecular complexity index is 289. The Morgan fingerprint density at radius 3 is 2.33 bits per heavy atom. The normalized spacial score (nSPS) is 17.3. The molecule has 0 unspecified atom stereocenters. The summed E-state index contributed by atoms with van der Waals surface area (Å²) in [6.07, 6.45) is 5.15. The Kier molecular flexibility index (Phi) is 3.34. The molecule has 1 saturated heterocycles. The van der Waals surface area contributed by atoms with Gasteiger partial charge in [-0.05, 0) is 25.0 Å². The number of hydrazine groups is 1. The zero-order chi connectivity index (χ0) is 10.5. The number of aromatic nitrogens is 2. The van der Waals surface area contributed by atoms with Gasteiger partial charge in [0.2, 0.25) is 0 Å². The molecule has 5 heteroatoms. The zero-order valence-electron chi connectivity index (χ0n) is 8.82. The number of nitrogens with two attached hydrogens (primary N) is 1. The fourth-order valence-electron chi connectivity index (χ4n) is 1.87. The molecule has 0 radical (unpaired) electrons. The van der Waals surface area contributed by atoms with Crippen molar-refractivity contribution in [1.82, 2.24) is 10.2 Å². The highest BCUT2D eigenvalue weighted by molar-refractivity contribution is 5.42. The van der Waals surface area contributed by atoms with E-state index in [1.54, 1.807) is 0 Å². The van der Waals surface area contributed by atoms with Crippen LogP contribution < -0.4 is 16.2 Å². The first kappa shape index (κ1) is 10.2. The summed E-state index contributed by atoms with van der Waals surface area (Å²) >= 11 is 0. The summed E-state index contributed by atoms with van der Waals surface area (Å²) in [6.45, 7) is 2.17. The van der Waals surface area contributed by atoms with Crippen LogP contribution in [0, 0.1) is 0 Å². The lowest BCUT2D eigenvalue weighted by Gasteiger charge is -2.20. The molecule has 0 aromatic carbocycles. The molecule has 2 heterocycles. The summed E-state index contributed by atoms with van der Waals surface area (Å²) in [5.41, 5.74) is 2.48. The molecule has 1 aliphatic rings. The summed E-state index contributed by atoms with van der Waals surface area (Å²) in [5, 5.41) is 8.12. The largest absolute Gasteiger partial charge is 0.355 e. The van der Waals surface area contributed by atoms with Gasteiger partial charge in [-0.1, -0.05) is 12.8 Å². The fourth-order valence-corrected chi connectivity index (χ4v) is 1.87. The standard InChI is InChI=1S/C10H17N5/c11-12-9-5-6-10(14-13-9)15-7-3-1-2-4-8-15/h5-6H,1-4,7-8,11H2,(H,12,13). The Morgan fingerprint density at radius 1 is 1.07 bits per heavy atom. The van der Waals surface area contributed by atoms with Crippen LogP contribution in [0.25, 0.3) is 0 Å². The molecule has 1 aliphatic heterocycles. The molecule has 5 nitrogen and oxygen atoms in total. The average molecular weight is 207 g/mol. The van der Waals surface area contributed by atoms with Gasteiger partial charge in [-0.15, -0.1) is 10.2 Å². The molecule has 0 aliphatic carbocycles. The lowest BCUT2D eigenvalue weighted by molar-refractivity contribution is 0.726. The highest BCUT2D eigenvalue weighted by atomic mass is 15.3. The van der Waals surface area contributed by atoms with Crippen LogP contribution in [0.3, 0.4) is 0 Å². The maximum Gasteiger partial charge on any atom is 0.162 e. The second-order valence-electron chi connectivity index (χ2n) is 3.82. The monoisotopic (exact) mass is 207 g/mol. The van der Waals surface area contributed by atoms with Crippen molar-refractivity contribution in [2.24, 2.45) is 5.84 Å². The van der Waals surface area contributed by atoms with Gasteiger partial charge in [-0.3, -0.25) is 0 Å². The third kappa shape index (κ3) is 2.56. The van der Waals surface area contributed by atoms with Crippen LogP contribution in [0.4, 0.5) is 11.6 Å². The van der Waals surface area contributed by atoms with Crippen LogP contribution in [-0.2, 0) is 0 Å². The summed E-state index contributed by atoms with van der Waals surface area (Å²) in [7, 11) is 0. The van der Waals surface area contributed by atoms with E-state index in [0.717, 1.165) is 18.9 Å². The SMILES string of the molecule is NNc1ccc(N2CCCCCC2)nn1. The van der Waals surface area contributed by atoms with Crippen molar-refractivity contribution < 1.29 is 0 Å². The number of nitrogens with one attached hydrogen (secondary N) is 1. The summed E-state index contributed by atoms with van der Waals surface area (Å²) in [4.78, 5) is 2.29. The Balaban J connectivity index is 2.06. The molecule has 1 aromatic heterocycles. The number of hydrogen-bond acceptors (Lipinski definition) is 5. The molecule has 1 aromatic rings. The third-order valence-electron chi connectivity index (χ3n) is 2.73. The van der Waals surface area contributed by atoms with Crippen molar-refractivity contribution in [2.45, 2.75) is 25.7 Å². The van der Waals surface area contributed by atoms with E-state index in [9.17, 15) is 0 Å². The van der Waals surface area contributed by atoms with Gasteiger partial charge in [0.15, 0.2) is 11.6 Å². The highest BCUT2D eigenvalue weighted by Crippen LogP contribution is 2.16. The Morgan fingerprint density at radius 2 is 1.80 bits per heavy atom. The molecule has 0 spiro atoms. The minimum absolute atomic E-state index is 0.605. The molecule has 0 amide bonds. The molecule has 1 fully saturated rings. The van der Waals surface area contributed by atoms with Crippen molar-refractivity contribution in [3.05, 3.63) is 12.1 Å². The van der Waals surface area contributed by atoms with Gasteiger partial charge in [0.05, 0.1) is 0 Å². The van der Waals surface area contributed by atoms with E-state index in [-0.39, 0.29) is 0 Å². The second kappa shape index (κ2) is 4.93. The second-order valence-corrected chi connectivity index (χ2v) is 3.82. The van der Waals surface area contributed by atoms with E-state index < -0.39 is 0 Å². The van der Waals surface area contributed by atoms with Crippen LogP contribution in [0.1, 0.15) is 25.7 Å². The van der Waals surface area contributed by atoms with Gasteiger partial charge in [0, 0.05) is 13.1 Å². The predicted molar refractivity (Wildman–Crippen MR) is 60.5 cm³/mol. The number of nitrogen functional groups attached to an aromatic ring is 1. The molecule has 0 bridgehead atoms. The number of nitrogens with zero attached hydrogens (tertiary/aromatic N) is 3. The van der Waals surface area contributed by atoms with Gasteiger partial charge in [0.1, 0.15) is 0 Å². The van der Waals surface area contributed by atoms with Crippen LogP contribution in [0.5, 0.6) is 0 Å². The topological polar surface area (TPSA) is 67.1 Å². The summed E-state index contributed by atoms with van der Waals surface area (Å²) < 4.78 is 0. The van der Waals surface area contributed by atoms with Crippen LogP contribution in [0.2, 0.25) is 0 Å². The number of anilines is 2. The van der Waals surface area contributed by atoms with Gasteiger partial charge in [-0.2, -0.15) is 0 Å². The van der Waals surface area contributed by atoms with Gasteiger partial charge >= 0.3 is 0 Å². The molecular weight excluding hydrogens is 190 g/mol. The maximum absolute atomic E-state index is 5.24. The third-order valence-corrected chi connectivity index (χ3v) is 2.73. The van der Waals surface area contributed by atoms with Crippen molar-refractivity contribution >= 4 is 11.6 Å². The van der Waals surface area contributed by atoms with Crippen molar-refractivity contribution in [3.63, 3.8) is 0 Å². The highest BCUT2D eigenvalue weighted by Gasteiger charge is 2.10. The average Bonchev–Trinajstić information content (AvgIpc) is 2.58. The van der Waals surface area contributed by atoms with E-state index in [0.29, 0.717) is 5.82 Å². The number of hydrogen-bond donors (Lipinski definition) is 2. The molecular formula is C10H17N5. The Labute approximate surface area is 89.6 Å². The van der Waals surface area contributed by atoms with E-state index in [2.05, 4.69) is 20.5 Å². The number of rotatable bonds is 2. The van der Waals surface area contributed by atoms with Gasteiger partial charge < -0.3 is 10.3 Å². The van der Waals surface area contributed by atoms with Crippen molar-refractivity contribution in [2.75, 3.05) is 23.4 Å². The summed E-state index contributed by atoms with van der Waals surface area (Å²) in [5.74, 6) is 6.80. The molecule has 15 heavy (non-hydrogen) atoms. The maximum atomic E-state index is 5.24. The molecule has 0 saturated carbocycles. The van der Waals surface area contributed by atoms with E-state index in [1.165, 1.54) is 25.7 Å². The van der Waals surface area contributed by atoms with E-state index in [4.69, 9.17) is 5.84 Å². The van der Waals surface area contributed by atoms with Gasteiger partial charge in [-0.25, -0.2) is 5.84 Å². The first-order chi connectivity index (χ1) is 7.40. The lowest BCUT2D eigenvalue weighted by atomic mass is 10.2. The first-order valence-corrected chi connectivity index (χ1v) is 5.45. The quantitative estimate of drug-likeness (QED) is 0.562. The lowest BCUT2D eigenvalue weighted by Crippen LogP contribution is -2.25.